The minimum atomic E-state index is -0.639. The van der Waals surface area contributed by atoms with Gasteiger partial charge in [0.25, 0.3) is 0 Å². The Bertz CT molecular complexity index is 1390. The highest BCUT2D eigenvalue weighted by molar-refractivity contribution is 5.83. The molecule has 4 aromatic rings. The molecule has 0 amide bonds. The molecule has 1 aliphatic rings. The molecule has 0 bridgehead atoms. The Kier molecular flexibility index (Phi) is 6.29. The van der Waals surface area contributed by atoms with Crippen LogP contribution < -0.4 is 10.2 Å². The lowest BCUT2D eigenvalue weighted by Crippen LogP contribution is -2.50. The summed E-state index contributed by atoms with van der Waals surface area (Å²) in [6.45, 7) is 8.90. The summed E-state index contributed by atoms with van der Waals surface area (Å²) in [5.74, 6) is 0.916. The summed E-state index contributed by atoms with van der Waals surface area (Å²) in [4.78, 5) is 21.7. The van der Waals surface area contributed by atoms with E-state index < -0.39 is 11.6 Å². The van der Waals surface area contributed by atoms with Crippen LogP contribution in [0.15, 0.2) is 36.7 Å². The summed E-state index contributed by atoms with van der Waals surface area (Å²) in [6, 6.07) is 6.89. The molecular weight excluding hydrogens is 462 g/mol. The normalized spacial score (nSPS) is 14.2. The standard InChI is InChI=1S/C26H30F2N8/c1-15(2)36-16(3)31-25-20(27)8-18(9-22(25)36)24-21(28)11-30-26(33-24)32-23-7-6-19(10-29-23)35-13-17(14-35)12-34(4)5/h6-11,15,17H,12-14H2,1-5H3,(H,29,30,32,33). The van der Waals surface area contributed by atoms with E-state index in [0.717, 1.165) is 31.5 Å². The molecule has 0 aliphatic carbocycles. The van der Waals surface area contributed by atoms with Gasteiger partial charge >= 0.3 is 0 Å². The van der Waals surface area contributed by atoms with Crippen LogP contribution >= 0.6 is 0 Å². The number of nitrogens with zero attached hydrogens (tertiary/aromatic N) is 7. The van der Waals surface area contributed by atoms with Crippen LogP contribution in [-0.4, -0.2) is 63.1 Å². The van der Waals surface area contributed by atoms with E-state index in [9.17, 15) is 8.78 Å². The first-order valence-electron chi connectivity index (χ1n) is 12.0. The van der Waals surface area contributed by atoms with Crippen LogP contribution in [0.1, 0.15) is 25.7 Å². The Morgan fingerprint density at radius 2 is 1.83 bits per heavy atom. The van der Waals surface area contributed by atoms with E-state index in [0.29, 0.717) is 28.6 Å². The van der Waals surface area contributed by atoms with E-state index in [-0.39, 0.29) is 23.2 Å². The van der Waals surface area contributed by atoms with Crippen LogP contribution in [0.2, 0.25) is 0 Å². The maximum absolute atomic E-state index is 14.9. The van der Waals surface area contributed by atoms with E-state index in [1.165, 1.54) is 6.07 Å². The smallest absolute Gasteiger partial charge is 0.229 e. The van der Waals surface area contributed by atoms with Gasteiger partial charge in [-0.1, -0.05) is 0 Å². The number of aromatic nitrogens is 5. The number of rotatable bonds is 7. The molecule has 0 atom stereocenters. The zero-order valence-corrected chi connectivity index (χ0v) is 21.1. The number of benzene rings is 1. The van der Waals surface area contributed by atoms with Gasteiger partial charge in [0.15, 0.2) is 11.6 Å². The molecular formula is C26H30F2N8. The number of aryl methyl sites for hydroxylation is 1. The van der Waals surface area contributed by atoms with E-state index >= 15 is 0 Å². The maximum Gasteiger partial charge on any atom is 0.229 e. The maximum atomic E-state index is 14.9. The lowest BCUT2D eigenvalue weighted by atomic mass is 9.99. The molecule has 10 heteroatoms. The lowest BCUT2D eigenvalue weighted by Gasteiger charge is -2.42. The fourth-order valence-electron chi connectivity index (χ4n) is 4.86. The van der Waals surface area contributed by atoms with Crippen LogP contribution in [0.5, 0.6) is 0 Å². The van der Waals surface area contributed by atoms with E-state index in [2.05, 4.69) is 49.1 Å². The van der Waals surface area contributed by atoms with Crippen molar-refractivity contribution in [1.29, 1.82) is 0 Å². The molecule has 1 saturated heterocycles. The average molecular weight is 493 g/mol. The fraction of sp³-hybridized carbons (Fsp3) is 0.385. The Morgan fingerprint density at radius 3 is 2.50 bits per heavy atom. The zero-order valence-electron chi connectivity index (χ0n) is 21.1. The van der Waals surface area contributed by atoms with Gasteiger partial charge in [0.2, 0.25) is 5.95 Å². The van der Waals surface area contributed by atoms with E-state index in [1.54, 1.807) is 12.3 Å². The number of imidazole rings is 1. The first kappa shape index (κ1) is 24.1. The molecule has 0 unspecified atom stereocenters. The number of nitrogens with one attached hydrogen (secondary N) is 1. The number of pyridine rings is 1. The second kappa shape index (κ2) is 9.42. The van der Waals surface area contributed by atoms with Crippen LogP contribution in [0.4, 0.5) is 26.2 Å². The third kappa shape index (κ3) is 4.60. The summed E-state index contributed by atoms with van der Waals surface area (Å²) in [5, 5.41) is 3.03. The average Bonchev–Trinajstić information content (AvgIpc) is 3.14. The van der Waals surface area contributed by atoms with Gasteiger partial charge in [-0.2, -0.15) is 0 Å². The molecule has 1 aliphatic heterocycles. The van der Waals surface area contributed by atoms with Crippen molar-refractivity contribution in [2.45, 2.75) is 26.8 Å². The molecule has 0 radical (unpaired) electrons. The highest BCUT2D eigenvalue weighted by Crippen LogP contribution is 2.31. The van der Waals surface area contributed by atoms with Gasteiger partial charge in [-0.05, 0) is 59.1 Å². The summed E-state index contributed by atoms with van der Waals surface area (Å²) in [5.41, 5.74) is 2.24. The van der Waals surface area contributed by atoms with Crippen LogP contribution in [0, 0.1) is 24.5 Å². The highest BCUT2D eigenvalue weighted by atomic mass is 19.1. The van der Waals surface area contributed by atoms with Crippen LogP contribution in [-0.2, 0) is 0 Å². The highest BCUT2D eigenvalue weighted by Gasteiger charge is 2.27. The van der Waals surface area contributed by atoms with Gasteiger partial charge in [-0.15, -0.1) is 0 Å². The van der Waals surface area contributed by atoms with Gasteiger partial charge in [0.1, 0.15) is 22.9 Å². The minimum absolute atomic E-state index is 0.00610. The number of hydrogen-bond acceptors (Lipinski definition) is 7. The molecule has 0 spiro atoms. The summed E-state index contributed by atoms with van der Waals surface area (Å²) < 4.78 is 31.6. The lowest BCUT2D eigenvalue weighted by molar-refractivity contribution is 0.283. The van der Waals surface area contributed by atoms with Gasteiger partial charge in [-0.25, -0.2) is 28.7 Å². The topological polar surface area (TPSA) is 75.0 Å². The van der Waals surface area contributed by atoms with Crippen molar-refractivity contribution in [3.8, 4) is 11.3 Å². The predicted octanol–water partition coefficient (Wildman–Crippen LogP) is 4.80. The first-order chi connectivity index (χ1) is 17.2. The third-order valence-corrected chi connectivity index (χ3v) is 6.39. The number of anilines is 3. The van der Waals surface area contributed by atoms with Crippen molar-refractivity contribution in [3.63, 3.8) is 0 Å². The molecule has 1 N–H and O–H groups in total. The SMILES string of the molecule is Cc1nc2c(F)cc(-c3nc(Nc4ccc(N5CC(CN(C)C)C5)cn4)ncc3F)cc2n1C(C)C. The summed E-state index contributed by atoms with van der Waals surface area (Å²) in [6.07, 6.45) is 2.88. The molecule has 36 heavy (non-hydrogen) atoms. The second-order valence-corrected chi connectivity index (χ2v) is 9.90. The van der Waals surface area contributed by atoms with Gasteiger partial charge in [-0.3, -0.25) is 0 Å². The number of halogens is 2. The minimum Gasteiger partial charge on any atom is -0.369 e. The Morgan fingerprint density at radius 1 is 1.06 bits per heavy atom. The Balaban J connectivity index is 1.37. The molecule has 0 saturated carbocycles. The number of hydrogen-bond donors (Lipinski definition) is 1. The second-order valence-electron chi connectivity index (χ2n) is 9.90. The quantitative estimate of drug-likeness (QED) is 0.397. The molecule has 3 aromatic heterocycles. The van der Waals surface area contributed by atoms with E-state index in [4.69, 9.17) is 0 Å². The monoisotopic (exact) mass is 492 g/mol. The summed E-state index contributed by atoms with van der Waals surface area (Å²) in [7, 11) is 4.17. The van der Waals surface area contributed by atoms with Crippen molar-refractivity contribution in [3.05, 3.63) is 54.1 Å². The zero-order chi connectivity index (χ0) is 25.6. The number of fused-ring (bicyclic) bond motifs is 1. The first-order valence-corrected chi connectivity index (χ1v) is 12.0. The van der Waals surface area contributed by atoms with Gasteiger partial charge in [0, 0.05) is 37.2 Å². The van der Waals surface area contributed by atoms with Crippen molar-refractivity contribution < 1.29 is 8.78 Å². The summed E-state index contributed by atoms with van der Waals surface area (Å²) >= 11 is 0. The predicted molar refractivity (Wildman–Crippen MR) is 138 cm³/mol. The largest absolute Gasteiger partial charge is 0.369 e. The van der Waals surface area contributed by atoms with Gasteiger partial charge in [0.05, 0.1) is 23.6 Å². The van der Waals surface area contributed by atoms with Crippen molar-refractivity contribution in [2.75, 3.05) is 43.9 Å². The molecule has 188 valence electrons. The molecule has 1 aromatic carbocycles. The molecule has 4 heterocycles. The third-order valence-electron chi connectivity index (χ3n) is 6.39. The van der Waals surface area contributed by atoms with Crippen molar-refractivity contribution in [1.82, 2.24) is 29.4 Å². The van der Waals surface area contributed by atoms with Crippen molar-refractivity contribution >= 4 is 28.5 Å². The molecule has 5 rings (SSSR count). The van der Waals surface area contributed by atoms with Crippen LogP contribution in [0.3, 0.4) is 0 Å². The van der Waals surface area contributed by atoms with Gasteiger partial charge < -0.3 is 19.7 Å². The Labute approximate surface area is 209 Å². The van der Waals surface area contributed by atoms with Crippen molar-refractivity contribution in [2.24, 2.45) is 5.92 Å². The molecule has 8 nitrogen and oxygen atoms in total. The Hall–Kier alpha value is -3.66. The fourth-order valence-corrected chi connectivity index (χ4v) is 4.86. The van der Waals surface area contributed by atoms with Crippen LogP contribution in [0.25, 0.3) is 22.3 Å². The van der Waals surface area contributed by atoms with E-state index in [1.807, 2.05) is 37.5 Å². The molecule has 1 fully saturated rings.